The summed E-state index contributed by atoms with van der Waals surface area (Å²) in [6, 6.07) is 4.83. The Balaban J connectivity index is 2.07. The van der Waals surface area contributed by atoms with Crippen LogP contribution in [0.5, 0.6) is 5.88 Å². The van der Waals surface area contributed by atoms with Crippen molar-refractivity contribution in [3.05, 3.63) is 23.9 Å². The van der Waals surface area contributed by atoms with Crippen LogP contribution < -0.4 is 4.74 Å². The zero-order valence-corrected chi connectivity index (χ0v) is 12.5. The van der Waals surface area contributed by atoms with Crippen molar-refractivity contribution in [1.29, 1.82) is 0 Å². The lowest BCUT2D eigenvalue weighted by Gasteiger charge is -2.28. The van der Waals surface area contributed by atoms with Gasteiger partial charge in [-0.25, -0.2) is 4.98 Å². The number of halogens is 1. The molecule has 0 spiro atoms. The summed E-state index contributed by atoms with van der Waals surface area (Å²) in [7, 11) is 1.69. The highest BCUT2D eigenvalue weighted by atomic mass is 79.9. The molecule has 0 unspecified atom stereocenters. The summed E-state index contributed by atoms with van der Waals surface area (Å²) < 4.78 is 5.34. The fourth-order valence-corrected chi connectivity index (χ4v) is 3.17. The van der Waals surface area contributed by atoms with Crippen molar-refractivity contribution in [2.45, 2.75) is 38.3 Å². The van der Waals surface area contributed by atoms with Gasteiger partial charge >= 0.3 is 0 Å². The number of nitrogens with zero attached hydrogens (tertiary/aromatic N) is 2. The quantitative estimate of drug-likeness (QED) is 0.754. The molecule has 1 aliphatic rings. The molecule has 0 saturated heterocycles. The third-order valence-electron chi connectivity index (χ3n) is 3.63. The highest BCUT2D eigenvalue weighted by molar-refractivity contribution is 9.09. The van der Waals surface area contributed by atoms with E-state index in [1.54, 1.807) is 13.3 Å². The Labute approximate surface area is 118 Å². The third-order valence-corrected chi connectivity index (χ3v) is 3.98. The number of aromatic nitrogens is 1. The van der Waals surface area contributed by atoms with E-state index < -0.39 is 0 Å². The average Bonchev–Trinajstić information content (AvgIpc) is 2.92. The van der Waals surface area contributed by atoms with Gasteiger partial charge in [0.25, 0.3) is 0 Å². The van der Waals surface area contributed by atoms with Crippen molar-refractivity contribution < 1.29 is 4.74 Å². The SMILES string of the molecule is COc1ncccc1CN(CCBr)C1CCCC1. The molecule has 2 rings (SSSR count). The molecule has 3 nitrogen and oxygen atoms in total. The van der Waals surface area contributed by atoms with Crippen molar-refractivity contribution >= 4 is 15.9 Å². The molecule has 0 aromatic carbocycles. The average molecular weight is 313 g/mol. The summed E-state index contributed by atoms with van der Waals surface area (Å²) in [5.74, 6) is 0.759. The van der Waals surface area contributed by atoms with Crippen LogP contribution in [0.4, 0.5) is 0 Å². The maximum Gasteiger partial charge on any atom is 0.217 e. The first-order chi connectivity index (χ1) is 8.85. The molecule has 0 aliphatic heterocycles. The maximum atomic E-state index is 5.34. The van der Waals surface area contributed by atoms with Gasteiger partial charge in [0.1, 0.15) is 0 Å². The molecule has 1 fully saturated rings. The van der Waals surface area contributed by atoms with Gasteiger partial charge in [-0.05, 0) is 18.9 Å². The van der Waals surface area contributed by atoms with E-state index in [4.69, 9.17) is 4.74 Å². The second-order valence-corrected chi connectivity index (χ2v) is 5.56. The van der Waals surface area contributed by atoms with E-state index in [9.17, 15) is 0 Å². The van der Waals surface area contributed by atoms with Gasteiger partial charge in [-0.1, -0.05) is 34.8 Å². The summed E-state index contributed by atoms with van der Waals surface area (Å²) in [5.41, 5.74) is 1.19. The van der Waals surface area contributed by atoms with Crippen LogP contribution in [0.15, 0.2) is 18.3 Å². The van der Waals surface area contributed by atoms with Crippen LogP contribution in [0.1, 0.15) is 31.2 Å². The van der Waals surface area contributed by atoms with Gasteiger partial charge in [-0.15, -0.1) is 0 Å². The van der Waals surface area contributed by atoms with Crippen LogP contribution in [0.2, 0.25) is 0 Å². The van der Waals surface area contributed by atoms with E-state index in [1.165, 1.54) is 31.2 Å². The van der Waals surface area contributed by atoms with E-state index in [1.807, 2.05) is 6.07 Å². The van der Waals surface area contributed by atoms with Crippen molar-refractivity contribution in [3.8, 4) is 5.88 Å². The molecule has 18 heavy (non-hydrogen) atoms. The van der Waals surface area contributed by atoms with Crippen LogP contribution in [-0.2, 0) is 6.54 Å². The van der Waals surface area contributed by atoms with E-state index in [2.05, 4.69) is 31.9 Å². The topological polar surface area (TPSA) is 25.4 Å². The molecule has 1 aliphatic carbocycles. The molecular formula is C14H21BrN2O. The molecular weight excluding hydrogens is 292 g/mol. The van der Waals surface area contributed by atoms with E-state index in [-0.39, 0.29) is 0 Å². The fraction of sp³-hybridized carbons (Fsp3) is 0.643. The molecule has 4 heteroatoms. The first-order valence-electron chi connectivity index (χ1n) is 6.63. The molecule has 0 N–H and O–H groups in total. The van der Waals surface area contributed by atoms with E-state index in [0.717, 1.165) is 30.3 Å². The van der Waals surface area contributed by atoms with Gasteiger partial charge in [0.15, 0.2) is 0 Å². The van der Waals surface area contributed by atoms with E-state index >= 15 is 0 Å². The second-order valence-electron chi connectivity index (χ2n) is 4.77. The largest absolute Gasteiger partial charge is 0.481 e. The number of alkyl halides is 1. The van der Waals surface area contributed by atoms with Crippen molar-refractivity contribution in [1.82, 2.24) is 9.88 Å². The number of methoxy groups -OCH3 is 1. The Morgan fingerprint density at radius 2 is 2.22 bits per heavy atom. The van der Waals surface area contributed by atoms with Crippen LogP contribution in [0.3, 0.4) is 0 Å². The van der Waals surface area contributed by atoms with Crippen LogP contribution >= 0.6 is 15.9 Å². The number of hydrogen-bond acceptors (Lipinski definition) is 3. The number of hydrogen-bond donors (Lipinski definition) is 0. The lowest BCUT2D eigenvalue weighted by atomic mass is 10.1. The Bertz CT molecular complexity index is 367. The number of rotatable bonds is 6. The van der Waals surface area contributed by atoms with Gasteiger partial charge in [-0.2, -0.15) is 0 Å². The molecule has 1 aromatic rings. The lowest BCUT2D eigenvalue weighted by molar-refractivity contribution is 0.199. The first-order valence-corrected chi connectivity index (χ1v) is 7.75. The lowest BCUT2D eigenvalue weighted by Crippen LogP contribution is -2.34. The summed E-state index contributed by atoms with van der Waals surface area (Å²) >= 11 is 3.56. The van der Waals surface area contributed by atoms with Crippen LogP contribution in [0, 0.1) is 0 Å². The van der Waals surface area contributed by atoms with E-state index in [0.29, 0.717) is 0 Å². The maximum absolute atomic E-state index is 5.34. The molecule has 0 amide bonds. The van der Waals surface area contributed by atoms with Crippen LogP contribution in [0.25, 0.3) is 0 Å². The molecule has 0 radical (unpaired) electrons. The molecule has 0 bridgehead atoms. The molecule has 100 valence electrons. The van der Waals surface area contributed by atoms with Crippen molar-refractivity contribution in [2.75, 3.05) is 19.0 Å². The standard InChI is InChI=1S/C14H21BrN2O/c1-18-14-12(5-4-9-16-14)11-17(10-8-15)13-6-2-3-7-13/h4-5,9,13H,2-3,6-8,10-11H2,1H3. The monoisotopic (exact) mass is 312 g/mol. The van der Waals surface area contributed by atoms with Crippen molar-refractivity contribution in [3.63, 3.8) is 0 Å². The van der Waals surface area contributed by atoms with Gasteiger partial charge in [0.2, 0.25) is 5.88 Å². The smallest absolute Gasteiger partial charge is 0.217 e. The summed E-state index contributed by atoms with van der Waals surface area (Å²) in [5, 5.41) is 1.02. The van der Waals surface area contributed by atoms with Gasteiger partial charge in [-0.3, -0.25) is 4.90 Å². The summed E-state index contributed by atoms with van der Waals surface area (Å²) in [6.45, 7) is 2.02. The fourth-order valence-electron chi connectivity index (χ4n) is 2.72. The highest BCUT2D eigenvalue weighted by Gasteiger charge is 2.23. The van der Waals surface area contributed by atoms with Gasteiger partial charge < -0.3 is 4.74 Å². The minimum absolute atomic E-state index is 0.729. The van der Waals surface area contributed by atoms with Gasteiger partial charge in [0, 0.05) is 36.2 Å². The molecule has 1 aromatic heterocycles. The predicted octanol–water partition coefficient (Wildman–Crippen LogP) is 3.23. The first kappa shape index (κ1) is 13.8. The van der Waals surface area contributed by atoms with Gasteiger partial charge in [0.05, 0.1) is 7.11 Å². The van der Waals surface area contributed by atoms with Crippen molar-refractivity contribution in [2.24, 2.45) is 0 Å². The Kier molecular flexibility index (Phi) is 5.45. The minimum atomic E-state index is 0.729. The second kappa shape index (κ2) is 7.10. The van der Waals surface area contributed by atoms with Crippen LogP contribution in [-0.4, -0.2) is 34.9 Å². The molecule has 1 heterocycles. The normalized spacial score (nSPS) is 16.4. The Hall–Kier alpha value is -0.610. The minimum Gasteiger partial charge on any atom is -0.481 e. The highest BCUT2D eigenvalue weighted by Crippen LogP contribution is 2.26. The molecule has 1 saturated carbocycles. The zero-order valence-electron chi connectivity index (χ0n) is 10.9. The Morgan fingerprint density at radius 3 is 2.89 bits per heavy atom. The predicted molar refractivity (Wildman–Crippen MR) is 77.2 cm³/mol. The number of pyridine rings is 1. The zero-order chi connectivity index (χ0) is 12.8. The summed E-state index contributed by atoms with van der Waals surface area (Å²) in [6.07, 6.45) is 7.18. The Morgan fingerprint density at radius 1 is 1.44 bits per heavy atom. The third kappa shape index (κ3) is 3.45. The summed E-state index contributed by atoms with van der Waals surface area (Å²) in [4.78, 5) is 6.83. The molecule has 0 atom stereocenters. The number of ether oxygens (including phenoxy) is 1.